The van der Waals surface area contributed by atoms with E-state index >= 15 is 0 Å². The van der Waals surface area contributed by atoms with Crippen LogP contribution < -0.4 is 11.1 Å². The van der Waals surface area contributed by atoms with Crippen molar-refractivity contribution in [3.63, 3.8) is 0 Å². The second kappa shape index (κ2) is 6.51. The molecule has 2 N–H and O–H groups in total. The number of oxazole rings is 1. The third kappa shape index (κ3) is 3.11. The highest BCUT2D eigenvalue weighted by atomic mass is 16.4. The number of rotatable bonds is 5. The molecule has 3 aromatic rings. The molecule has 0 aliphatic carbocycles. The van der Waals surface area contributed by atoms with Crippen molar-refractivity contribution in [2.75, 3.05) is 11.9 Å². The molecule has 1 aliphatic heterocycles. The number of fused-ring (bicyclic) bond motifs is 2. The van der Waals surface area contributed by atoms with Gasteiger partial charge in [-0.3, -0.25) is 14.6 Å². The minimum atomic E-state index is -0.528. The van der Waals surface area contributed by atoms with Gasteiger partial charge in [0, 0.05) is 36.8 Å². The van der Waals surface area contributed by atoms with Crippen molar-refractivity contribution < 1.29 is 14.0 Å². The molecule has 0 spiro atoms. The highest BCUT2D eigenvalue weighted by Crippen LogP contribution is 2.22. The number of nitrogens with one attached hydrogen (secondary N) is 2. The Hall–Kier alpha value is -3.35. The van der Waals surface area contributed by atoms with Crippen molar-refractivity contribution in [1.29, 1.82) is 0 Å². The first kappa shape index (κ1) is 16.1. The van der Waals surface area contributed by atoms with Crippen LogP contribution in [0, 0.1) is 0 Å². The second-order valence-electron chi connectivity index (χ2n) is 6.26. The van der Waals surface area contributed by atoms with Crippen molar-refractivity contribution in [2.24, 2.45) is 0 Å². The Morgan fingerprint density at radius 2 is 2.04 bits per heavy atom. The van der Waals surface area contributed by atoms with Crippen molar-refractivity contribution in [3.05, 3.63) is 64.1 Å². The molecular weight excluding hydrogens is 334 g/mol. The molecular formula is C19H17N3O4. The summed E-state index contributed by atoms with van der Waals surface area (Å²) < 4.78 is 4.97. The van der Waals surface area contributed by atoms with Gasteiger partial charge in [0.1, 0.15) is 0 Å². The van der Waals surface area contributed by atoms with Crippen molar-refractivity contribution in [2.45, 2.75) is 19.4 Å². The molecule has 0 fully saturated rings. The maximum atomic E-state index is 12.3. The molecule has 0 saturated heterocycles. The standard InChI is InChI=1S/C19H17N3O4/c23-17(20-13-7-8-15-16(10-13)26-19(25)21-15)6-3-9-22-11-12-4-1-2-5-14(12)18(22)24/h1-2,4-5,7-8,10H,3,6,9,11H2,(H,20,23)(H,21,25). The zero-order valence-corrected chi connectivity index (χ0v) is 14.0. The summed E-state index contributed by atoms with van der Waals surface area (Å²) in [6, 6.07) is 12.5. The van der Waals surface area contributed by atoms with Gasteiger partial charge in [-0.2, -0.15) is 0 Å². The maximum absolute atomic E-state index is 12.3. The first-order valence-corrected chi connectivity index (χ1v) is 8.40. The maximum Gasteiger partial charge on any atom is 0.417 e. The van der Waals surface area contributed by atoms with Gasteiger partial charge < -0.3 is 14.6 Å². The fourth-order valence-electron chi connectivity index (χ4n) is 3.17. The molecule has 2 heterocycles. The van der Waals surface area contributed by atoms with Gasteiger partial charge in [0.2, 0.25) is 5.91 Å². The second-order valence-corrected chi connectivity index (χ2v) is 6.26. The summed E-state index contributed by atoms with van der Waals surface area (Å²) in [6.07, 6.45) is 0.877. The summed E-state index contributed by atoms with van der Waals surface area (Å²) in [4.78, 5) is 39.9. The Labute approximate surface area is 148 Å². The Bertz CT molecular complexity index is 1050. The molecule has 132 valence electrons. The quantitative estimate of drug-likeness (QED) is 0.738. The number of aromatic nitrogens is 1. The Kier molecular flexibility index (Phi) is 4.04. The Morgan fingerprint density at radius 3 is 2.88 bits per heavy atom. The van der Waals surface area contributed by atoms with Crippen molar-refractivity contribution in [3.8, 4) is 0 Å². The van der Waals surface area contributed by atoms with Crippen LogP contribution in [-0.4, -0.2) is 28.2 Å². The van der Waals surface area contributed by atoms with Crippen LogP contribution in [0.4, 0.5) is 5.69 Å². The first-order valence-electron chi connectivity index (χ1n) is 8.40. The molecule has 2 aromatic carbocycles. The Morgan fingerprint density at radius 1 is 1.19 bits per heavy atom. The summed E-state index contributed by atoms with van der Waals surface area (Å²) >= 11 is 0. The lowest BCUT2D eigenvalue weighted by molar-refractivity contribution is -0.116. The van der Waals surface area contributed by atoms with E-state index in [0.29, 0.717) is 42.7 Å². The van der Waals surface area contributed by atoms with Crippen LogP contribution in [0.25, 0.3) is 11.1 Å². The lowest BCUT2D eigenvalue weighted by Gasteiger charge is -2.15. The average Bonchev–Trinajstić information content (AvgIpc) is 3.14. The van der Waals surface area contributed by atoms with E-state index in [9.17, 15) is 14.4 Å². The van der Waals surface area contributed by atoms with Gasteiger partial charge in [0.15, 0.2) is 5.58 Å². The average molecular weight is 351 g/mol. The summed E-state index contributed by atoms with van der Waals surface area (Å²) in [5.41, 5.74) is 3.32. The van der Waals surface area contributed by atoms with E-state index in [1.165, 1.54) is 0 Å². The number of hydrogen-bond acceptors (Lipinski definition) is 4. The van der Waals surface area contributed by atoms with E-state index < -0.39 is 5.76 Å². The Balaban J connectivity index is 1.30. The third-order valence-corrected chi connectivity index (χ3v) is 4.43. The van der Waals surface area contributed by atoms with E-state index in [-0.39, 0.29) is 11.8 Å². The van der Waals surface area contributed by atoms with Gasteiger partial charge in [-0.1, -0.05) is 18.2 Å². The number of H-pyrrole nitrogens is 1. The number of nitrogens with zero attached hydrogens (tertiary/aromatic N) is 1. The van der Waals surface area contributed by atoms with Crippen molar-refractivity contribution in [1.82, 2.24) is 9.88 Å². The number of amides is 2. The van der Waals surface area contributed by atoms with Crippen molar-refractivity contribution >= 4 is 28.6 Å². The fraction of sp³-hybridized carbons (Fsp3) is 0.211. The molecule has 2 amide bonds. The van der Waals surface area contributed by atoms with Gasteiger partial charge in [0.05, 0.1) is 5.52 Å². The van der Waals surface area contributed by atoms with Gasteiger partial charge in [0.25, 0.3) is 5.91 Å². The molecule has 4 rings (SSSR count). The highest BCUT2D eigenvalue weighted by Gasteiger charge is 2.26. The van der Waals surface area contributed by atoms with Gasteiger partial charge >= 0.3 is 5.76 Å². The van der Waals surface area contributed by atoms with Crippen LogP contribution in [-0.2, 0) is 11.3 Å². The van der Waals surface area contributed by atoms with E-state index in [1.54, 1.807) is 23.1 Å². The number of hydrogen-bond donors (Lipinski definition) is 2. The van der Waals surface area contributed by atoms with Crippen LogP contribution in [0.15, 0.2) is 51.7 Å². The van der Waals surface area contributed by atoms with Gasteiger partial charge in [-0.05, 0) is 30.2 Å². The monoisotopic (exact) mass is 351 g/mol. The minimum absolute atomic E-state index is 0.0222. The summed E-state index contributed by atoms with van der Waals surface area (Å²) in [6.45, 7) is 1.13. The zero-order chi connectivity index (χ0) is 18.1. The topological polar surface area (TPSA) is 95.4 Å². The highest BCUT2D eigenvalue weighted by molar-refractivity contribution is 5.98. The lowest BCUT2D eigenvalue weighted by Crippen LogP contribution is -2.26. The summed E-state index contributed by atoms with van der Waals surface area (Å²) in [5, 5.41) is 2.78. The normalized spacial score (nSPS) is 13.2. The molecule has 0 unspecified atom stereocenters. The molecule has 0 radical (unpaired) electrons. The van der Waals surface area contributed by atoms with E-state index in [1.807, 2.05) is 24.3 Å². The molecule has 0 saturated carbocycles. The molecule has 7 heteroatoms. The summed E-state index contributed by atoms with van der Waals surface area (Å²) in [7, 11) is 0. The van der Waals surface area contributed by atoms with Crippen LogP contribution in [0.1, 0.15) is 28.8 Å². The molecule has 26 heavy (non-hydrogen) atoms. The largest absolute Gasteiger partial charge is 0.417 e. The predicted molar refractivity (Wildman–Crippen MR) is 95.9 cm³/mol. The van der Waals surface area contributed by atoms with Crippen LogP contribution in [0.3, 0.4) is 0 Å². The van der Waals surface area contributed by atoms with E-state index in [2.05, 4.69) is 10.3 Å². The fourth-order valence-corrected chi connectivity index (χ4v) is 3.17. The molecule has 1 aliphatic rings. The number of anilines is 1. The predicted octanol–water partition coefficient (Wildman–Crippen LogP) is 2.50. The molecule has 7 nitrogen and oxygen atoms in total. The van der Waals surface area contributed by atoms with Gasteiger partial charge in [-0.25, -0.2) is 4.79 Å². The van der Waals surface area contributed by atoms with Crippen LogP contribution >= 0.6 is 0 Å². The van der Waals surface area contributed by atoms with Crippen LogP contribution in [0.2, 0.25) is 0 Å². The first-order chi connectivity index (χ1) is 12.6. The molecule has 0 bridgehead atoms. The van der Waals surface area contributed by atoms with Crippen LogP contribution in [0.5, 0.6) is 0 Å². The third-order valence-electron chi connectivity index (χ3n) is 4.43. The molecule has 0 atom stereocenters. The zero-order valence-electron chi connectivity index (χ0n) is 14.0. The lowest BCUT2D eigenvalue weighted by atomic mass is 10.1. The number of carbonyl (C=O) groups is 2. The minimum Gasteiger partial charge on any atom is -0.408 e. The van der Waals surface area contributed by atoms with Gasteiger partial charge in [-0.15, -0.1) is 0 Å². The smallest absolute Gasteiger partial charge is 0.408 e. The SMILES string of the molecule is O=C(CCCN1Cc2ccccc2C1=O)Nc1ccc2[nH]c(=O)oc2c1. The van der Waals surface area contributed by atoms with E-state index in [0.717, 1.165) is 11.1 Å². The number of carbonyl (C=O) groups excluding carboxylic acids is 2. The number of aromatic amines is 1. The molecule has 1 aromatic heterocycles. The summed E-state index contributed by atoms with van der Waals surface area (Å²) in [5.74, 6) is -0.653. The number of benzene rings is 2. The van der Waals surface area contributed by atoms with E-state index in [4.69, 9.17) is 4.42 Å².